The molecular formula is C21H23N3O2S2. The van der Waals surface area contributed by atoms with Crippen LogP contribution in [0.5, 0.6) is 0 Å². The Morgan fingerprint density at radius 2 is 1.68 bits per heavy atom. The molecular weight excluding hydrogens is 390 g/mol. The smallest absolute Gasteiger partial charge is 0.232 e. The van der Waals surface area contributed by atoms with Crippen LogP contribution in [0, 0.1) is 23.2 Å². The molecule has 6 rings (SSSR count). The molecule has 7 heteroatoms. The number of amides is 1. The number of ketones is 1. The minimum Gasteiger partial charge on any atom is -0.300 e. The minimum atomic E-state index is -0.184. The van der Waals surface area contributed by atoms with Gasteiger partial charge in [0, 0.05) is 5.56 Å². The quantitative estimate of drug-likeness (QED) is 0.423. The van der Waals surface area contributed by atoms with Crippen LogP contribution in [0.2, 0.25) is 0 Å². The number of thioether (sulfide) groups is 1. The summed E-state index contributed by atoms with van der Waals surface area (Å²) in [6.45, 7) is 0. The summed E-state index contributed by atoms with van der Waals surface area (Å²) >= 11 is 2.73. The first-order valence-corrected chi connectivity index (χ1v) is 11.8. The van der Waals surface area contributed by atoms with Gasteiger partial charge in [-0.05, 0) is 56.3 Å². The maximum atomic E-state index is 13.1. The molecule has 0 saturated heterocycles. The number of Topliss-reactive ketones (excluding diaryl/α,β-unsaturated/α-hetero) is 1. The van der Waals surface area contributed by atoms with E-state index < -0.39 is 0 Å². The molecule has 0 atom stereocenters. The molecule has 1 amide bonds. The first-order valence-electron chi connectivity index (χ1n) is 9.96. The predicted octanol–water partition coefficient (Wildman–Crippen LogP) is 4.67. The van der Waals surface area contributed by atoms with Crippen LogP contribution in [0.3, 0.4) is 0 Å². The third kappa shape index (κ3) is 3.50. The van der Waals surface area contributed by atoms with Gasteiger partial charge in [-0.25, -0.2) is 0 Å². The zero-order chi connectivity index (χ0) is 19.1. The second-order valence-corrected chi connectivity index (χ2v) is 10.8. The Bertz CT molecular complexity index is 861. The molecule has 146 valence electrons. The number of nitrogens with zero attached hydrogens (tertiary/aromatic N) is 2. The first kappa shape index (κ1) is 18.3. The Balaban J connectivity index is 1.20. The highest BCUT2D eigenvalue weighted by Gasteiger charge is 2.54. The van der Waals surface area contributed by atoms with E-state index in [9.17, 15) is 9.59 Å². The average molecular weight is 414 g/mol. The van der Waals surface area contributed by atoms with Crippen LogP contribution in [0.25, 0.3) is 0 Å². The first-order chi connectivity index (χ1) is 13.6. The second-order valence-electron chi connectivity index (χ2n) is 8.60. The maximum Gasteiger partial charge on any atom is 0.232 e. The second kappa shape index (κ2) is 7.26. The largest absolute Gasteiger partial charge is 0.300 e. The summed E-state index contributed by atoms with van der Waals surface area (Å²) < 4.78 is 0.713. The van der Waals surface area contributed by atoms with E-state index in [0.717, 1.165) is 37.0 Å². The van der Waals surface area contributed by atoms with Gasteiger partial charge in [-0.3, -0.25) is 9.59 Å². The molecule has 28 heavy (non-hydrogen) atoms. The Hall–Kier alpha value is -1.73. The number of nitrogens with one attached hydrogen (secondary N) is 1. The number of anilines is 1. The van der Waals surface area contributed by atoms with E-state index in [1.165, 1.54) is 42.4 Å². The molecule has 1 aromatic carbocycles. The number of hydrogen-bond donors (Lipinski definition) is 1. The summed E-state index contributed by atoms with van der Waals surface area (Å²) in [5, 5.41) is 11.9. The average Bonchev–Trinajstić information content (AvgIpc) is 3.13. The SMILES string of the molecule is O=C(CSc1nnc(NC(=O)C23CC4CC(CC(C4)C2)C3)s1)c1ccccc1. The summed E-state index contributed by atoms with van der Waals surface area (Å²) in [7, 11) is 0. The van der Waals surface area contributed by atoms with Crippen LogP contribution in [0.15, 0.2) is 34.7 Å². The van der Waals surface area contributed by atoms with Gasteiger partial charge in [0.1, 0.15) is 0 Å². The van der Waals surface area contributed by atoms with Crippen molar-refractivity contribution in [2.75, 3.05) is 11.1 Å². The van der Waals surface area contributed by atoms with E-state index in [0.29, 0.717) is 20.8 Å². The van der Waals surface area contributed by atoms with Crippen LogP contribution in [0.4, 0.5) is 5.13 Å². The van der Waals surface area contributed by atoms with Gasteiger partial charge in [-0.2, -0.15) is 0 Å². The lowest BCUT2D eigenvalue weighted by Gasteiger charge is -2.55. The lowest BCUT2D eigenvalue weighted by Crippen LogP contribution is -2.51. The molecule has 4 bridgehead atoms. The maximum absolute atomic E-state index is 13.1. The lowest BCUT2D eigenvalue weighted by atomic mass is 9.49. The van der Waals surface area contributed by atoms with Crippen molar-refractivity contribution < 1.29 is 9.59 Å². The van der Waals surface area contributed by atoms with Crippen molar-refractivity contribution in [3.05, 3.63) is 35.9 Å². The number of benzene rings is 1. The van der Waals surface area contributed by atoms with Crippen molar-refractivity contribution in [3.63, 3.8) is 0 Å². The summed E-state index contributed by atoms with van der Waals surface area (Å²) in [4.78, 5) is 25.3. The molecule has 0 unspecified atom stereocenters. The van der Waals surface area contributed by atoms with E-state index in [1.807, 2.05) is 30.3 Å². The molecule has 4 fully saturated rings. The summed E-state index contributed by atoms with van der Waals surface area (Å²) in [6.07, 6.45) is 7.08. The highest BCUT2D eigenvalue weighted by atomic mass is 32.2. The number of hydrogen-bond acceptors (Lipinski definition) is 6. The van der Waals surface area contributed by atoms with Crippen molar-refractivity contribution in [1.29, 1.82) is 0 Å². The molecule has 0 radical (unpaired) electrons. The fourth-order valence-electron chi connectivity index (χ4n) is 5.77. The predicted molar refractivity (Wildman–Crippen MR) is 111 cm³/mol. The molecule has 0 aliphatic heterocycles. The molecule has 1 aromatic heterocycles. The van der Waals surface area contributed by atoms with Gasteiger partial charge in [0.25, 0.3) is 0 Å². The zero-order valence-corrected chi connectivity index (χ0v) is 17.2. The number of aromatic nitrogens is 2. The third-order valence-electron chi connectivity index (χ3n) is 6.57. The van der Waals surface area contributed by atoms with Crippen LogP contribution in [-0.4, -0.2) is 27.6 Å². The van der Waals surface area contributed by atoms with Crippen molar-refractivity contribution >= 4 is 39.9 Å². The third-order valence-corrected chi connectivity index (χ3v) is 8.54. The molecule has 1 heterocycles. The van der Waals surface area contributed by atoms with E-state index in [1.54, 1.807) is 0 Å². The van der Waals surface area contributed by atoms with Crippen LogP contribution >= 0.6 is 23.1 Å². The molecule has 4 aliphatic rings. The van der Waals surface area contributed by atoms with Crippen LogP contribution < -0.4 is 5.32 Å². The zero-order valence-electron chi connectivity index (χ0n) is 15.6. The molecule has 2 aromatic rings. The highest BCUT2D eigenvalue weighted by molar-refractivity contribution is 8.01. The lowest BCUT2D eigenvalue weighted by molar-refractivity contribution is -0.140. The number of carbonyl (C=O) groups is 2. The van der Waals surface area contributed by atoms with Gasteiger partial charge >= 0.3 is 0 Å². The Morgan fingerprint density at radius 3 is 2.32 bits per heavy atom. The van der Waals surface area contributed by atoms with Crippen molar-refractivity contribution in [2.45, 2.75) is 42.9 Å². The number of rotatable bonds is 6. The molecule has 4 aliphatic carbocycles. The summed E-state index contributed by atoms with van der Waals surface area (Å²) in [5.74, 6) is 2.74. The topological polar surface area (TPSA) is 72.0 Å². The monoisotopic (exact) mass is 413 g/mol. The summed E-state index contributed by atoms with van der Waals surface area (Å²) in [6, 6.07) is 9.26. The van der Waals surface area contributed by atoms with Crippen LogP contribution in [0.1, 0.15) is 48.9 Å². The Labute approximate surface area is 172 Å². The van der Waals surface area contributed by atoms with Crippen LogP contribution in [-0.2, 0) is 4.79 Å². The van der Waals surface area contributed by atoms with Crippen molar-refractivity contribution in [3.8, 4) is 0 Å². The Morgan fingerprint density at radius 1 is 1.04 bits per heavy atom. The van der Waals surface area contributed by atoms with Gasteiger partial charge < -0.3 is 5.32 Å². The molecule has 5 nitrogen and oxygen atoms in total. The highest BCUT2D eigenvalue weighted by Crippen LogP contribution is 2.60. The molecule has 1 N–H and O–H groups in total. The van der Waals surface area contributed by atoms with Gasteiger partial charge in [0.2, 0.25) is 11.0 Å². The van der Waals surface area contributed by atoms with Gasteiger partial charge in [-0.15, -0.1) is 10.2 Å². The molecule has 0 spiro atoms. The van der Waals surface area contributed by atoms with E-state index >= 15 is 0 Å². The van der Waals surface area contributed by atoms with Crippen molar-refractivity contribution in [1.82, 2.24) is 10.2 Å². The van der Waals surface area contributed by atoms with Gasteiger partial charge in [0.05, 0.1) is 11.2 Å². The fourth-order valence-corrected chi connectivity index (χ4v) is 7.41. The van der Waals surface area contributed by atoms with Crippen molar-refractivity contribution in [2.24, 2.45) is 23.2 Å². The molecule has 4 saturated carbocycles. The normalized spacial score (nSPS) is 30.4. The summed E-state index contributed by atoms with van der Waals surface area (Å²) in [5.41, 5.74) is 0.520. The fraction of sp³-hybridized carbons (Fsp3) is 0.524. The van der Waals surface area contributed by atoms with E-state index in [-0.39, 0.29) is 17.1 Å². The van der Waals surface area contributed by atoms with E-state index in [4.69, 9.17) is 0 Å². The number of carbonyl (C=O) groups excluding carboxylic acids is 2. The standard InChI is InChI=1S/C21H23N3O2S2/c25-17(16-4-2-1-3-5-16)12-27-20-24-23-19(28-20)22-18(26)21-9-13-6-14(10-21)8-15(7-13)11-21/h1-5,13-15H,6-12H2,(H,22,23,26). The minimum absolute atomic E-state index is 0.0694. The van der Waals surface area contributed by atoms with Gasteiger partial charge in [0.15, 0.2) is 10.1 Å². The van der Waals surface area contributed by atoms with Gasteiger partial charge in [-0.1, -0.05) is 53.4 Å². The Kier molecular flexibility index (Phi) is 4.75. The van der Waals surface area contributed by atoms with E-state index in [2.05, 4.69) is 15.5 Å².